The zero-order chi connectivity index (χ0) is 22.7. The summed E-state index contributed by atoms with van der Waals surface area (Å²) in [5, 5.41) is 11.8. The van der Waals surface area contributed by atoms with Crippen LogP contribution in [-0.2, 0) is 24.2 Å². The summed E-state index contributed by atoms with van der Waals surface area (Å²) in [5.41, 5.74) is 0.569. The Labute approximate surface area is 185 Å². The first-order valence-electron chi connectivity index (χ1n) is 9.77. The average molecular weight is 459 g/mol. The van der Waals surface area contributed by atoms with Gasteiger partial charge in [0.05, 0.1) is 36.8 Å². The molecule has 0 aliphatic carbocycles. The van der Waals surface area contributed by atoms with Crippen molar-refractivity contribution >= 4 is 21.8 Å². The molecule has 2 aliphatic heterocycles. The topological polar surface area (TPSA) is 136 Å². The van der Waals surface area contributed by atoms with Gasteiger partial charge < -0.3 is 18.9 Å². The normalized spacial score (nSPS) is 24.4. The van der Waals surface area contributed by atoms with E-state index in [-0.39, 0.29) is 23.7 Å². The lowest BCUT2D eigenvalue weighted by atomic mass is 10.1. The average Bonchev–Trinajstić information content (AvgIpc) is 3.37. The predicted molar refractivity (Wildman–Crippen MR) is 112 cm³/mol. The van der Waals surface area contributed by atoms with Crippen LogP contribution >= 0.6 is 0 Å². The molecule has 0 saturated carbocycles. The molecule has 2 aromatic rings. The summed E-state index contributed by atoms with van der Waals surface area (Å²) < 4.78 is 50.0. The van der Waals surface area contributed by atoms with E-state index in [0.717, 1.165) is 0 Å². The molecule has 10 nitrogen and oxygen atoms in total. The number of methoxy groups -OCH3 is 1. The summed E-state index contributed by atoms with van der Waals surface area (Å²) >= 11 is 0. The lowest BCUT2D eigenvalue weighted by molar-refractivity contribution is 0.00883. The minimum absolute atomic E-state index is 0.0409. The van der Waals surface area contributed by atoms with E-state index in [1.54, 1.807) is 43.5 Å². The number of fused-ring (bicyclic) bond motifs is 1. The highest BCUT2D eigenvalue weighted by Crippen LogP contribution is 2.30. The number of carbonyl (C=O) groups is 1. The van der Waals surface area contributed by atoms with Crippen LogP contribution in [0.25, 0.3) is 0 Å². The summed E-state index contributed by atoms with van der Waals surface area (Å²) in [6.07, 6.45) is -2.62. The highest BCUT2D eigenvalue weighted by Gasteiger charge is 2.50. The third kappa shape index (κ3) is 4.53. The minimum atomic E-state index is -3.97. The van der Waals surface area contributed by atoms with Gasteiger partial charge in [0.2, 0.25) is 10.0 Å². The lowest BCUT2D eigenvalue weighted by Crippen LogP contribution is -2.44. The number of nitrogens with zero attached hydrogens (tertiary/aromatic N) is 1. The van der Waals surface area contributed by atoms with Crippen molar-refractivity contribution in [1.82, 2.24) is 4.72 Å². The van der Waals surface area contributed by atoms with Gasteiger partial charge in [-0.1, -0.05) is 12.1 Å². The first-order valence-corrected chi connectivity index (χ1v) is 11.3. The largest absolute Gasteiger partial charge is 0.497 e. The van der Waals surface area contributed by atoms with Gasteiger partial charge in [-0.2, -0.15) is 5.26 Å². The second-order valence-electron chi connectivity index (χ2n) is 7.23. The van der Waals surface area contributed by atoms with Crippen molar-refractivity contribution in [2.24, 2.45) is 0 Å². The Hall–Kier alpha value is -3.17. The zero-order valence-corrected chi connectivity index (χ0v) is 17.9. The van der Waals surface area contributed by atoms with Crippen LogP contribution in [0.4, 0.5) is 10.5 Å². The molecule has 0 spiro atoms. The monoisotopic (exact) mass is 459 g/mol. The standard InChI is InChI=1S/C21H21N3O7S/c1-28-15-8-6-14(7-9-15)23-21(25)31-17-12-30-19-16(11-29-20(17)19)24-32(26,27)18-5-3-2-4-13(18)10-22/h2-9,16-17,19-20,24H,11-12H2,1H3,(H,23,25)/t16-,17-,19-,20+/m0/s1. The highest BCUT2D eigenvalue weighted by molar-refractivity contribution is 7.89. The van der Waals surface area contributed by atoms with Gasteiger partial charge >= 0.3 is 6.09 Å². The Morgan fingerprint density at radius 2 is 1.81 bits per heavy atom. The van der Waals surface area contributed by atoms with Gasteiger partial charge in [-0.3, -0.25) is 5.32 Å². The van der Waals surface area contributed by atoms with Crippen LogP contribution in [-0.4, -0.2) is 59.2 Å². The van der Waals surface area contributed by atoms with Crippen molar-refractivity contribution < 1.29 is 32.2 Å². The molecule has 2 aromatic carbocycles. The fourth-order valence-electron chi connectivity index (χ4n) is 3.68. The van der Waals surface area contributed by atoms with E-state index in [1.165, 1.54) is 12.1 Å². The van der Waals surface area contributed by atoms with Crippen molar-refractivity contribution in [1.29, 1.82) is 5.26 Å². The van der Waals surface area contributed by atoms with Gasteiger partial charge in [0.1, 0.15) is 24.0 Å². The maximum absolute atomic E-state index is 12.8. The third-order valence-corrected chi connectivity index (χ3v) is 6.75. The number of ether oxygens (including phenoxy) is 4. The number of hydrogen-bond acceptors (Lipinski definition) is 8. The highest BCUT2D eigenvalue weighted by atomic mass is 32.2. The molecule has 0 aromatic heterocycles. The minimum Gasteiger partial charge on any atom is -0.497 e. The van der Waals surface area contributed by atoms with E-state index in [2.05, 4.69) is 10.0 Å². The van der Waals surface area contributed by atoms with Crippen molar-refractivity contribution in [3.8, 4) is 11.8 Å². The summed E-state index contributed by atoms with van der Waals surface area (Å²) in [6.45, 7) is 0.113. The van der Waals surface area contributed by atoms with Gasteiger partial charge in [-0.15, -0.1) is 0 Å². The van der Waals surface area contributed by atoms with E-state index < -0.39 is 40.5 Å². The maximum Gasteiger partial charge on any atom is 0.412 e. The van der Waals surface area contributed by atoms with Crippen LogP contribution in [0.15, 0.2) is 53.4 Å². The third-order valence-electron chi connectivity index (χ3n) is 5.21. The van der Waals surface area contributed by atoms with E-state index in [1.807, 2.05) is 6.07 Å². The second kappa shape index (κ2) is 9.13. The molecule has 1 amide bonds. The fourth-order valence-corrected chi connectivity index (χ4v) is 5.07. The van der Waals surface area contributed by atoms with Crippen LogP contribution in [0.2, 0.25) is 0 Å². The summed E-state index contributed by atoms with van der Waals surface area (Å²) in [6, 6.07) is 13.9. The Bertz CT molecular complexity index is 1130. The molecule has 4 atom stereocenters. The number of amides is 1. The summed E-state index contributed by atoms with van der Waals surface area (Å²) in [7, 11) is -2.43. The number of anilines is 1. The van der Waals surface area contributed by atoms with Crippen LogP contribution < -0.4 is 14.8 Å². The Morgan fingerprint density at radius 3 is 2.53 bits per heavy atom. The SMILES string of the molecule is COc1ccc(NC(=O)O[C@H]2CO[C@@H]3[C@@H]2OC[C@@H]3NS(=O)(=O)c2ccccc2C#N)cc1. The second-order valence-corrected chi connectivity index (χ2v) is 8.91. The molecule has 32 heavy (non-hydrogen) atoms. The zero-order valence-electron chi connectivity index (χ0n) is 17.1. The lowest BCUT2D eigenvalue weighted by Gasteiger charge is -2.18. The molecule has 2 saturated heterocycles. The van der Waals surface area contributed by atoms with Crippen molar-refractivity contribution in [2.45, 2.75) is 29.2 Å². The van der Waals surface area contributed by atoms with E-state index >= 15 is 0 Å². The van der Waals surface area contributed by atoms with E-state index in [0.29, 0.717) is 11.4 Å². The summed E-state index contributed by atoms with van der Waals surface area (Å²) in [4.78, 5) is 12.1. The van der Waals surface area contributed by atoms with Crippen LogP contribution in [0, 0.1) is 11.3 Å². The molecule has 0 unspecified atom stereocenters. The molecule has 0 bridgehead atoms. The maximum atomic E-state index is 12.8. The van der Waals surface area contributed by atoms with Gasteiger partial charge in [-0.05, 0) is 36.4 Å². The number of carbonyl (C=O) groups excluding carboxylic acids is 1. The first-order chi connectivity index (χ1) is 15.4. The van der Waals surface area contributed by atoms with Crippen molar-refractivity contribution in [3.05, 3.63) is 54.1 Å². The van der Waals surface area contributed by atoms with Crippen LogP contribution in [0.1, 0.15) is 5.56 Å². The Balaban J connectivity index is 1.37. The number of nitrogens with one attached hydrogen (secondary N) is 2. The van der Waals surface area contributed by atoms with Gasteiger partial charge in [-0.25, -0.2) is 17.9 Å². The number of rotatable bonds is 6. The molecule has 4 rings (SSSR count). The van der Waals surface area contributed by atoms with Crippen LogP contribution in [0.3, 0.4) is 0 Å². The molecular weight excluding hydrogens is 438 g/mol. The molecular formula is C21H21N3O7S. The molecule has 2 aliphatic rings. The molecule has 11 heteroatoms. The van der Waals surface area contributed by atoms with Crippen LogP contribution in [0.5, 0.6) is 5.75 Å². The summed E-state index contributed by atoms with van der Waals surface area (Å²) in [5.74, 6) is 0.654. The molecule has 168 valence electrons. The fraction of sp³-hybridized carbons (Fsp3) is 0.333. The first kappa shape index (κ1) is 22.0. The quantitative estimate of drug-likeness (QED) is 0.665. The molecule has 2 heterocycles. The Morgan fingerprint density at radius 1 is 1.09 bits per heavy atom. The molecule has 2 N–H and O–H groups in total. The van der Waals surface area contributed by atoms with Crippen molar-refractivity contribution in [2.75, 3.05) is 25.6 Å². The number of sulfonamides is 1. The van der Waals surface area contributed by atoms with E-state index in [4.69, 9.17) is 18.9 Å². The molecule has 0 radical (unpaired) electrons. The Kier molecular flexibility index (Phi) is 6.29. The number of nitriles is 1. The predicted octanol–water partition coefficient (Wildman–Crippen LogP) is 1.63. The smallest absolute Gasteiger partial charge is 0.412 e. The van der Waals surface area contributed by atoms with Gasteiger partial charge in [0.15, 0.2) is 6.10 Å². The van der Waals surface area contributed by atoms with Gasteiger partial charge in [0, 0.05) is 5.69 Å². The van der Waals surface area contributed by atoms with Gasteiger partial charge in [0.25, 0.3) is 0 Å². The molecule has 2 fully saturated rings. The van der Waals surface area contributed by atoms with Crippen molar-refractivity contribution in [3.63, 3.8) is 0 Å². The van der Waals surface area contributed by atoms with E-state index in [9.17, 15) is 18.5 Å². The number of benzene rings is 2. The number of hydrogen-bond donors (Lipinski definition) is 2.